The van der Waals surface area contributed by atoms with Crippen LogP contribution >= 0.6 is 0 Å². The van der Waals surface area contributed by atoms with Gasteiger partial charge < -0.3 is 29.2 Å². The predicted octanol–water partition coefficient (Wildman–Crippen LogP) is 1.14. The molecular weight excluding hydrogens is 490 g/mol. The summed E-state index contributed by atoms with van der Waals surface area (Å²) in [6.07, 6.45) is 10.9. The van der Waals surface area contributed by atoms with Gasteiger partial charge in [-0.1, -0.05) is 60.9 Å². The smallest absolute Gasteiger partial charge is 0.0771 e. The molecule has 0 amide bonds. The maximum Gasteiger partial charge on any atom is -0.0771 e. The molecule has 4 heteroatoms. The van der Waals surface area contributed by atoms with Crippen molar-refractivity contribution in [2.24, 2.45) is 5.92 Å². The van der Waals surface area contributed by atoms with Gasteiger partial charge in [-0.2, -0.15) is 17.7 Å². The Hall–Kier alpha value is -1.60. The Morgan fingerprint density at radius 2 is 1.47 bits per heavy atom. The summed E-state index contributed by atoms with van der Waals surface area (Å²) in [4.78, 5) is 0. The quantitative estimate of drug-likeness (QED) is 0.348. The largest absolute Gasteiger partial charge is 1.00 e. The molecule has 1 atom stereocenters. The summed E-state index contributed by atoms with van der Waals surface area (Å²) in [5.74, 6) is 0.444. The second-order valence-electron chi connectivity index (χ2n) is 7.04. The normalized spacial score (nSPS) is 13.9. The van der Waals surface area contributed by atoms with Gasteiger partial charge in [0, 0.05) is 6.26 Å². The summed E-state index contributed by atoms with van der Waals surface area (Å²) in [5, 5.41) is 5.39. The molecule has 0 N–H and O–H groups in total. The van der Waals surface area contributed by atoms with E-state index in [1.54, 1.807) is 36.8 Å². The van der Waals surface area contributed by atoms with E-state index in [1.165, 1.54) is 24.8 Å². The zero-order valence-electron chi connectivity index (χ0n) is 17.3. The van der Waals surface area contributed by atoms with Crippen molar-refractivity contribution in [2.45, 2.75) is 20.8 Å². The second kappa shape index (κ2) is 13.0. The maximum absolute atomic E-state index is 4.97. The Morgan fingerprint density at radius 1 is 0.933 bits per heavy atom. The van der Waals surface area contributed by atoms with E-state index in [9.17, 15) is 0 Å². The molecule has 0 bridgehead atoms. The van der Waals surface area contributed by atoms with E-state index in [1.807, 2.05) is 6.07 Å². The number of rotatable bonds is 1. The van der Waals surface area contributed by atoms with Crippen molar-refractivity contribution in [1.29, 1.82) is 0 Å². The van der Waals surface area contributed by atoms with Crippen molar-refractivity contribution < 1.29 is 53.5 Å². The van der Waals surface area contributed by atoms with E-state index in [-0.39, 0.29) is 24.8 Å². The molecule has 0 radical (unpaired) electrons. The van der Waals surface area contributed by atoms with Gasteiger partial charge in [-0.25, -0.2) is 0 Å². The Bertz CT molecular complexity index is 1070. The number of halogens is 2. The van der Waals surface area contributed by atoms with Crippen molar-refractivity contribution >= 4 is 30.3 Å². The Kier molecular flexibility index (Phi) is 11.4. The Morgan fingerprint density at radius 3 is 1.90 bits per heavy atom. The van der Waals surface area contributed by atoms with Crippen LogP contribution < -0.4 is 24.8 Å². The van der Waals surface area contributed by atoms with Crippen LogP contribution in [-0.2, 0) is 24.2 Å². The fourth-order valence-electron chi connectivity index (χ4n) is 3.08. The zero-order valence-corrected chi connectivity index (χ0v) is 21.3. The van der Waals surface area contributed by atoms with Gasteiger partial charge in [0.15, 0.2) is 0 Å². The van der Waals surface area contributed by atoms with Gasteiger partial charge in [0.1, 0.15) is 0 Å². The third-order valence-corrected chi connectivity index (χ3v) is 4.29. The zero-order chi connectivity index (χ0) is 19.9. The fraction of sp³-hybridized carbons (Fsp3) is 0.154. The number of allylic oxidation sites excluding steroid dienone is 4. The molecule has 154 valence electrons. The first-order chi connectivity index (χ1) is 13.5. The van der Waals surface area contributed by atoms with Crippen LogP contribution in [0.15, 0.2) is 89.8 Å². The Balaban J connectivity index is 0.000000244. The van der Waals surface area contributed by atoms with E-state index < -0.39 is 0 Å². The minimum absolute atomic E-state index is 0. The van der Waals surface area contributed by atoms with Crippen LogP contribution in [0.2, 0.25) is 0 Å². The van der Waals surface area contributed by atoms with Gasteiger partial charge in [-0.05, 0) is 0 Å². The van der Waals surface area contributed by atoms with Crippen LogP contribution in [0.1, 0.15) is 26.3 Å². The molecule has 1 unspecified atom stereocenters. The number of fused-ring (bicyclic) bond motifs is 3. The van der Waals surface area contributed by atoms with Crippen LogP contribution in [0.25, 0.3) is 27.1 Å². The monoisotopic (exact) mass is 512 g/mol. The molecule has 30 heavy (non-hydrogen) atoms. The minimum Gasteiger partial charge on any atom is -1.00 e. The summed E-state index contributed by atoms with van der Waals surface area (Å²) in [6.45, 7) is 6.36. The van der Waals surface area contributed by atoms with Gasteiger partial charge in [0.25, 0.3) is 0 Å². The van der Waals surface area contributed by atoms with E-state index in [0.717, 1.165) is 11.1 Å². The van der Waals surface area contributed by atoms with Gasteiger partial charge in [-0.15, -0.1) is 45.8 Å². The third-order valence-electron chi connectivity index (χ3n) is 4.29. The van der Waals surface area contributed by atoms with Crippen LogP contribution in [0.3, 0.4) is 0 Å². The first-order valence-electron chi connectivity index (χ1n) is 9.44. The molecular formula is C26H24Cl2OZr-2. The van der Waals surface area contributed by atoms with Crippen LogP contribution in [0.4, 0.5) is 0 Å². The van der Waals surface area contributed by atoms with Crippen LogP contribution in [-0.4, -0.2) is 3.21 Å². The predicted molar refractivity (Wildman–Crippen MR) is 117 cm³/mol. The van der Waals surface area contributed by atoms with Gasteiger partial charge in [0.05, 0.1) is 6.26 Å². The summed E-state index contributed by atoms with van der Waals surface area (Å²) in [6, 6.07) is 21.2. The second-order valence-corrected chi connectivity index (χ2v) is 9.49. The molecule has 5 rings (SSSR count). The fourth-order valence-corrected chi connectivity index (χ4v) is 3.08. The summed E-state index contributed by atoms with van der Waals surface area (Å²) in [7, 11) is 0. The van der Waals surface area contributed by atoms with E-state index in [2.05, 4.69) is 93.6 Å². The summed E-state index contributed by atoms with van der Waals surface area (Å²) >= 11 is 1.55. The Labute approximate surface area is 206 Å². The average Bonchev–Trinajstić information content (AvgIpc) is 3.41. The molecule has 1 aliphatic carbocycles. The van der Waals surface area contributed by atoms with Crippen molar-refractivity contribution in [2.75, 3.05) is 0 Å². The average molecular weight is 515 g/mol. The van der Waals surface area contributed by atoms with Crippen molar-refractivity contribution in [3.8, 4) is 0 Å². The van der Waals surface area contributed by atoms with Gasteiger partial charge in [-0.3, -0.25) is 0 Å². The molecule has 1 nitrogen and oxygen atoms in total. The number of hydrogen-bond donors (Lipinski definition) is 0. The molecule has 1 aliphatic rings. The minimum atomic E-state index is 0. The molecule has 0 spiro atoms. The number of benzene rings is 2. The van der Waals surface area contributed by atoms with E-state index in [0.29, 0.717) is 5.92 Å². The molecule has 0 fully saturated rings. The third kappa shape index (κ3) is 7.27. The summed E-state index contributed by atoms with van der Waals surface area (Å²) in [5.41, 5.74) is 2.26. The van der Waals surface area contributed by atoms with E-state index >= 15 is 0 Å². The molecule has 0 saturated heterocycles. The number of hydrogen-bond acceptors (Lipinski definition) is 1. The van der Waals surface area contributed by atoms with Crippen molar-refractivity contribution in [1.82, 2.24) is 0 Å². The van der Waals surface area contributed by atoms with Crippen molar-refractivity contribution in [3.05, 3.63) is 97.0 Å². The SMILES string of the molecule is CC1[C-]=C(c2ccoc2)C=C1.C[C](C)=[Zr+2].[Cl-].[Cl-].c1ccc2c(c1)[cH-]c1ccccc12. The maximum atomic E-state index is 4.97. The molecule has 1 aromatic heterocycles. The first kappa shape index (κ1) is 26.4. The van der Waals surface area contributed by atoms with E-state index in [4.69, 9.17) is 4.42 Å². The standard InChI is InChI=1S/C13H9.C10H9O.C3H6.2ClH.Zr/c1-3-7-12-10(5-1)9-11-6-2-4-8-13(11)12;1-8-2-3-9(6-8)10-4-5-11-7-10;1-3-2;;;/h1-9H;2-5,7-8H,1H3;1-2H3;2*1H;/q2*-1;;;;+2/p-2. The van der Waals surface area contributed by atoms with Gasteiger partial charge >= 0.3 is 41.3 Å². The molecule has 1 heterocycles. The first-order valence-corrected chi connectivity index (χ1v) is 10.7. The topological polar surface area (TPSA) is 13.1 Å². The molecule has 3 aromatic carbocycles. The number of furan rings is 1. The molecule has 4 aromatic rings. The summed E-state index contributed by atoms with van der Waals surface area (Å²) < 4.78 is 6.47. The van der Waals surface area contributed by atoms with Crippen LogP contribution in [0, 0.1) is 12.0 Å². The molecule has 0 aliphatic heterocycles. The van der Waals surface area contributed by atoms with Gasteiger partial charge in [0.2, 0.25) is 0 Å². The molecule has 0 saturated carbocycles. The van der Waals surface area contributed by atoms with Crippen molar-refractivity contribution in [3.63, 3.8) is 0 Å². The van der Waals surface area contributed by atoms with Crippen LogP contribution in [0.5, 0.6) is 0 Å².